The molecule has 0 aromatic heterocycles. The van der Waals surface area contributed by atoms with Crippen molar-refractivity contribution in [1.82, 2.24) is 0 Å². The molecule has 0 N–H and O–H groups in total. The van der Waals surface area contributed by atoms with E-state index in [-0.39, 0.29) is 0 Å². The summed E-state index contributed by atoms with van der Waals surface area (Å²) in [7, 11) is 0. The van der Waals surface area contributed by atoms with Gasteiger partial charge in [0, 0.05) is 44.5 Å². The summed E-state index contributed by atoms with van der Waals surface area (Å²) in [5.74, 6) is 28.1. The van der Waals surface area contributed by atoms with Gasteiger partial charge in [0.05, 0.1) is 0 Å². The average molecular weight is 939 g/mol. The van der Waals surface area contributed by atoms with Gasteiger partial charge in [-0.15, -0.1) is 0 Å². The molecule has 0 unspecified atom stereocenters. The van der Waals surface area contributed by atoms with Crippen molar-refractivity contribution >= 4 is 0 Å². The zero-order valence-corrected chi connectivity index (χ0v) is 43.7. The maximum absolute atomic E-state index is 3.54. The van der Waals surface area contributed by atoms with Crippen LogP contribution in [-0.2, 0) is 25.7 Å². The topological polar surface area (TPSA) is 0 Å². The van der Waals surface area contributed by atoms with E-state index in [0.717, 1.165) is 70.2 Å². The Morgan fingerprint density at radius 1 is 0.222 bits per heavy atom. The quantitative estimate of drug-likeness (QED) is 0.0528. The Hall–Kier alpha value is -7.22. The Labute approximate surface area is 435 Å². The molecular weight excluding hydrogens is 865 g/mol. The smallest absolute Gasteiger partial charge is 0.0419 e. The molecular formula is C72H74. The van der Waals surface area contributed by atoms with Crippen LogP contribution in [0.4, 0.5) is 0 Å². The van der Waals surface area contributed by atoms with Crippen molar-refractivity contribution in [1.29, 1.82) is 0 Å². The fraction of sp³-hybridized carbons (Fsp3) is 0.306. The van der Waals surface area contributed by atoms with E-state index in [9.17, 15) is 0 Å². The molecule has 0 radical (unpaired) electrons. The van der Waals surface area contributed by atoms with Crippen molar-refractivity contribution in [3.8, 4) is 69.6 Å². The number of aryl methyl sites for hydroxylation is 4. The van der Waals surface area contributed by atoms with Crippen molar-refractivity contribution in [2.45, 2.75) is 143 Å². The van der Waals surface area contributed by atoms with Crippen LogP contribution in [0.5, 0.6) is 0 Å². The minimum Gasteiger partial charge on any atom is -0.0654 e. The third-order valence-corrected chi connectivity index (χ3v) is 13.6. The molecule has 0 bridgehead atoms. The van der Waals surface area contributed by atoms with Crippen molar-refractivity contribution < 1.29 is 0 Å². The lowest BCUT2D eigenvalue weighted by Crippen LogP contribution is -1.93. The standard InChI is InChI=1S/C72H74/c1-5-9-13-17-21-57-23-27-61(28-24-57)39-51-69-55-72(54-42-64-37-49-68(50-38-64)66-45-33-60(34-46-66)20-16-12-8-4)70(52-40-62-29-25-58(26-30-62)22-18-14-10-6-2)56-71(69)53-41-63-35-47-67(48-36-63)65-43-31-59(32-44-65)19-15-11-7-3/h23-38,43-50,55-56H,5-22H2,1-4H3. The Morgan fingerprint density at radius 2 is 0.431 bits per heavy atom. The van der Waals surface area contributed by atoms with Gasteiger partial charge in [-0.25, -0.2) is 0 Å². The van der Waals surface area contributed by atoms with Crippen molar-refractivity contribution in [2.75, 3.05) is 0 Å². The highest BCUT2D eigenvalue weighted by Crippen LogP contribution is 2.24. The molecule has 0 heterocycles. The van der Waals surface area contributed by atoms with Crippen LogP contribution in [0.25, 0.3) is 22.3 Å². The van der Waals surface area contributed by atoms with Crippen LogP contribution >= 0.6 is 0 Å². The van der Waals surface area contributed by atoms with Gasteiger partial charge in [0.2, 0.25) is 0 Å². The van der Waals surface area contributed by atoms with E-state index in [1.54, 1.807) is 0 Å². The SMILES string of the molecule is CCCCCCc1ccc(C#Cc2cc(C#Cc3ccc(-c4ccc(CCCCC)cc4)cc3)c(C#Cc3ccc(CCCCCC)cc3)cc2C#Cc2ccc(-c3ccc(CCCCC)cc3)cc2)cc1. The molecule has 0 saturated heterocycles. The Morgan fingerprint density at radius 3 is 0.694 bits per heavy atom. The van der Waals surface area contributed by atoms with Crippen molar-refractivity contribution in [2.24, 2.45) is 0 Å². The van der Waals surface area contributed by atoms with Crippen molar-refractivity contribution in [3.63, 3.8) is 0 Å². The second-order valence-corrected chi connectivity index (χ2v) is 19.4. The molecule has 7 rings (SSSR count). The number of hydrogen-bond acceptors (Lipinski definition) is 0. The van der Waals surface area contributed by atoms with Crippen LogP contribution in [0.2, 0.25) is 0 Å². The lowest BCUT2D eigenvalue weighted by molar-refractivity contribution is 0.667. The summed E-state index contributed by atoms with van der Waals surface area (Å²) >= 11 is 0. The number of benzene rings is 7. The normalized spacial score (nSPS) is 10.5. The number of rotatable bonds is 20. The first kappa shape index (κ1) is 52.6. The molecule has 0 heteroatoms. The first-order chi connectivity index (χ1) is 35.5. The molecule has 72 heavy (non-hydrogen) atoms. The summed E-state index contributed by atoms with van der Waals surface area (Å²) in [4.78, 5) is 0. The van der Waals surface area contributed by atoms with Gasteiger partial charge in [-0.3, -0.25) is 0 Å². The number of hydrogen-bond donors (Lipinski definition) is 0. The molecule has 0 aliphatic carbocycles. The van der Waals surface area contributed by atoms with Crippen LogP contribution in [0.3, 0.4) is 0 Å². The van der Waals surface area contributed by atoms with Gasteiger partial charge in [0.1, 0.15) is 0 Å². The van der Waals surface area contributed by atoms with E-state index in [2.05, 4.69) is 233 Å². The highest BCUT2D eigenvalue weighted by atomic mass is 14.1. The minimum absolute atomic E-state index is 0.829. The summed E-state index contributed by atoms with van der Waals surface area (Å²) in [6.07, 6.45) is 22.0. The van der Waals surface area contributed by atoms with Gasteiger partial charge in [0.15, 0.2) is 0 Å². The molecule has 0 spiro atoms. The van der Waals surface area contributed by atoms with E-state index >= 15 is 0 Å². The second-order valence-electron chi connectivity index (χ2n) is 19.4. The molecule has 362 valence electrons. The van der Waals surface area contributed by atoms with E-state index < -0.39 is 0 Å². The van der Waals surface area contributed by atoms with Gasteiger partial charge in [0.25, 0.3) is 0 Å². The van der Waals surface area contributed by atoms with Gasteiger partial charge >= 0.3 is 0 Å². The Bertz CT molecular complexity index is 2790. The van der Waals surface area contributed by atoms with Crippen LogP contribution in [0.15, 0.2) is 158 Å². The van der Waals surface area contributed by atoms with Crippen LogP contribution in [0.1, 0.15) is 184 Å². The molecule has 0 aliphatic rings. The first-order valence-electron chi connectivity index (χ1n) is 27.3. The molecule has 0 amide bonds. The van der Waals surface area contributed by atoms with Gasteiger partial charge < -0.3 is 0 Å². The highest BCUT2D eigenvalue weighted by molar-refractivity contribution is 5.68. The molecule has 7 aromatic carbocycles. The van der Waals surface area contributed by atoms with Crippen molar-refractivity contribution in [3.05, 3.63) is 224 Å². The average Bonchev–Trinajstić information content (AvgIpc) is 3.42. The van der Waals surface area contributed by atoms with E-state index in [1.807, 2.05) is 0 Å². The second kappa shape index (κ2) is 29.2. The molecule has 7 aromatic rings. The summed E-state index contributed by atoms with van der Waals surface area (Å²) < 4.78 is 0. The third-order valence-electron chi connectivity index (χ3n) is 13.6. The fourth-order valence-corrected chi connectivity index (χ4v) is 8.97. The van der Waals surface area contributed by atoms with E-state index in [4.69, 9.17) is 0 Å². The zero-order valence-electron chi connectivity index (χ0n) is 43.7. The fourth-order valence-electron chi connectivity index (χ4n) is 8.97. The predicted molar refractivity (Wildman–Crippen MR) is 309 cm³/mol. The van der Waals surface area contributed by atoms with Crippen LogP contribution in [-0.4, -0.2) is 0 Å². The third kappa shape index (κ3) is 17.0. The largest absolute Gasteiger partial charge is 0.0654 e. The molecule has 0 aliphatic heterocycles. The molecule has 0 fully saturated rings. The lowest BCUT2D eigenvalue weighted by atomic mass is 9.97. The monoisotopic (exact) mass is 939 g/mol. The molecule has 0 nitrogen and oxygen atoms in total. The van der Waals surface area contributed by atoms with E-state index in [1.165, 1.54) is 134 Å². The Kier molecular flexibility index (Phi) is 21.3. The summed E-state index contributed by atoms with van der Waals surface area (Å²) in [6, 6.07) is 57.0. The Balaban J connectivity index is 1.23. The zero-order chi connectivity index (χ0) is 50.0. The lowest BCUT2D eigenvalue weighted by Gasteiger charge is -2.06. The minimum atomic E-state index is 0.829. The van der Waals surface area contributed by atoms with E-state index in [0.29, 0.717) is 0 Å². The first-order valence-corrected chi connectivity index (χ1v) is 27.3. The van der Waals surface area contributed by atoms with Crippen LogP contribution < -0.4 is 0 Å². The predicted octanol–water partition coefficient (Wildman–Crippen LogP) is 18.3. The van der Waals surface area contributed by atoms with Gasteiger partial charge in [-0.1, -0.05) is 236 Å². The highest BCUT2D eigenvalue weighted by Gasteiger charge is 2.08. The summed E-state index contributed by atoms with van der Waals surface area (Å²) in [5, 5.41) is 0. The van der Waals surface area contributed by atoms with Gasteiger partial charge in [-0.05, 0) is 157 Å². The van der Waals surface area contributed by atoms with Crippen LogP contribution in [0, 0.1) is 47.4 Å². The summed E-state index contributed by atoms with van der Waals surface area (Å²) in [6.45, 7) is 9.03. The number of unbranched alkanes of at least 4 members (excludes halogenated alkanes) is 10. The van der Waals surface area contributed by atoms with Gasteiger partial charge in [-0.2, -0.15) is 0 Å². The molecule has 0 atom stereocenters. The summed E-state index contributed by atoms with van der Waals surface area (Å²) in [5.41, 5.74) is 17.5. The molecule has 0 saturated carbocycles. The maximum Gasteiger partial charge on any atom is 0.0419 e. The maximum atomic E-state index is 3.54.